The predicted octanol–water partition coefficient (Wildman–Crippen LogP) is 0.235. The summed E-state index contributed by atoms with van der Waals surface area (Å²) in [5.74, 6) is -2.23. The van der Waals surface area contributed by atoms with E-state index < -0.39 is 17.9 Å². The maximum atomic E-state index is 12.3. The average Bonchev–Trinajstić information content (AvgIpc) is 2.24. The lowest BCUT2D eigenvalue weighted by atomic mass is 10.4. The van der Waals surface area contributed by atoms with Gasteiger partial charge in [-0.3, -0.25) is 4.79 Å². The van der Waals surface area contributed by atoms with Crippen LogP contribution < -0.4 is 16.4 Å². The Morgan fingerprint density at radius 2 is 2.12 bits per heavy atom. The maximum absolute atomic E-state index is 12.3. The summed E-state index contributed by atoms with van der Waals surface area (Å²) < 4.78 is 37.0. The zero-order valence-electron chi connectivity index (χ0n) is 8.80. The van der Waals surface area contributed by atoms with Crippen LogP contribution in [0.2, 0.25) is 0 Å². The van der Waals surface area contributed by atoms with E-state index in [-0.39, 0.29) is 18.2 Å². The van der Waals surface area contributed by atoms with Gasteiger partial charge in [-0.2, -0.15) is 13.2 Å². The highest BCUT2D eigenvalue weighted by molar-refractivity contribution is 5.80. The van der Waals surface area contributed by atoms with Crippen LogP contribution in [0.4, 0.5) is 24.8 Å². The Hall–Kier alpha value is -2.06. The molecular weight excluding hydrogens is 239 g/mol. The molecule has 1 amide bonds. The highest BCUT2D eigenvalue weighted by atomic mass is 19.4. The minimum absolute atomic E-state index is 0.159. The molecule has 0 aliphatic carbocycles. The van der Waals surface area contributed by atoms with Crippen LogP contribution in [0.15, 0.2) is 6.07 Å². The number of hydrogen-bond donors (Lipinski definition) is 3. The van der Waals surface area contributed by atoms with E-state index >= 15 is 0 Å². The highest BCUT2D eigenvalue weighted by Crippen LogP contribution is 2.27. The number of aromatic nitrogens is 2. The lowest BCUT2D eigenvalue weighted by molar-refractivity contribution is -0.144. The van der Waals surface area contributed by atoms with Crippen molar-refractivity contribution in [1.29, 1.82) is 0 Å². The Morgan fingerprint density at radius 1 is 1.47 bits per heavy atom. The molecule has 0 aliphatic rings. The normalized spacial score (nSPS) is 11.1. The fourth-order valence-electron chi connectivity index (χ4n) is 0.943. The zero-order valence-corrected chi connectivity index (χ0v) is 8.80. The fraction of sp³-hybridized carbons (Fsp3) is 0.375. The number of halogens is 3. The molecule has 94 valence electrons. The van der Waals surface area contributed by atoms with Crippen molar-refractivity contribution in [3.8, 4) is 0 Å². The number of nitrogens with one attached hydrogen (secondary N) is 2. The average molecular weight is 249 g/mol. The molecule has 0 saturated carbocycles. The molecule has 0 fully saturated rings. The molecule has 1 aromatic heterocycles. The maximum Gasteiger partial charge on any atom is 0.451 e. The second-order valence-corrected chi connectivity index (χ2v) is 3.03. The number of carbonyl (C=O) groups is 1. The van der Waals surface area contributed by atoms with Crippen molar-refractivity contribution in [1.82, 2.24) is 15.3 Å². The van der Waals surface area contributed by atoms with Crippen LogP contribution in [-0.2, 0) is 11.0 Å². The summed E-state index contributed by atoms with van der Waals surface area (Å²) in [5, 5.41) is 4.70. The molecule has 0 radical (unpaired) electrons. The molecule has 4 N–H and O–H groups in total. The van der Waals surface area contributed by atoms with Crippen LogP contribution in [0.3, 0.4) is 0 Å². The Balaban J connectivity index is 2.87. The van der Waals surface area contributed by atoms with E-state index in [1.165, 1.54) is 7.05 Å². The van der Waals surface area contributed by atoms with Crippen molar-refractivity contribution < 1.29 is 18.0 Å². The lowest BCUT2D eigenvalue weighted by Gasteiger charge is -2.09. The van der Waals surface area contributed by atoms with Crippen LogP contribution >= 0.6 is 0 Å². The van der Waals surface area contributed by atoms with E-state index in [1.807, 2.05) is 0 Å². The van der Waals surface area contributed by atoms with Crippen molar-refractivity contribution in [3.63, 3.8) is 0 Å². The summed E-state index contributed by atoms with van der Waals surface area (Å²) in [6.45, 7) is -0.204. The third-order valence-electron chi connectivity index (χ3n) is 1.71. The monoisotopic (exact) mass is 249 g/mol. The van der Waals surface area contributed by atoms with Gasteiger partial charge in [0.05, 0.1) is 6.54 Å². The topological polar surface area (TPSA) is 92.9 Å². The third kappa shape index (κ3) is 3.78. The molecule has 0 saturated heterocycles. The minimum Gasteiger partial charge on any atom is -0.384 e. The van der Waals surface area contributed by atoms with Gasteiger partial charge in [0, 0.05) is 13.1 Å². The van der Waals surface area contributed by atoms with Gasteiger partial charge in [0.2, 0.25) is 11.7 Å². The molecule has 0 spiro atoms. The number of alkyl halides is 3. The first kappa shape index (κ1) is 13.0. The van der Waals surface area contributed by atoms with Gasteiger partial charge in [-0.1, -0.05) is 0 Å². The van der Waals surface area contributed by atoms with E-state index in [4.69, 9.17) is 5.73 Å². The quantitative estimate of drug-likeness (QED) is 0.713. The Kier molecular flexibility index (Phi) is 3.71. The number of nitrogens with zero attached hydrogens (tertiary/aromatic N) is 2. The molecule has 0 aliphatic heterocycles. The van der Waals surface area contributed by atoms with Gasteiger partial charge >= 0.3 is 6.18 Å². The Morgan fingerprint density at radius 3 is 2.65 bits per heavy atom. The smallest absolute Gasteiger partial charge is 0.384 e. The van der Waals surface area contributed by atoms with E-state index in [1.54, 1.807) is 0 Å². The van der Waals surface area contributed by atoms with Crippen molar-refractivity contribution in [2.45, 2.75) is 6.18 Å². The zero-order chi connectivity index (χ0) is 13.1. The minimum atomic E-state index is -4.68. The molecule has 1 heterocycles. The molecule has 1 rings (SSSR count). The standard InChI is InChI=1S/C8H10F3N5O/c1-13-6(17)3-14-5-2-4(12)15-7(16-5)8(9,10)11/h2H,3H2,1H3,(H,13,17)(H3,12,14,15,16). The van der Waals surface area contributed by atoms with Crippen molar-refractivity contribution in [2.75, 3.05) is 24.6 Å². The summed E-state index contributed by atoms with van der Waals surface area (Å²) in [7, 11) is 1.40. The van der Waals surface area contributed by atoms with Gasteiger partial charge in [-0.15, -0.1) is 0 Å². The first-order valence-corrected chi connectivity index (χ1v) is 4.49. The second kappa shape index (κ2) is 4.85. The number of carbonyl (C=O) groups excluding carboxylic acids is 1. The van der Waals surface area contributed by atoms with Gasteiger partial charge in [-0.25, -0.2) is 9.97 Å². The van der Waals surface area contributed by atoms with Crippen LogP contribution in [0.5, 0.6) is 0 Å². The molecule has 1 aromatic rings. The van der Waals surface area contributed by atoms with Crippen LogP contribution in [0.1, 0.15) is 5.82 Å². The molecule has 0 atom stereocenters. The summed E-state index contributed by atoms with van der Waals surface area (Å²) in [6.07, 6.45) is -4.68. The first-order valence-electron chi connectivity index (χ1n) is 4.49. The van der Waals surface area contributed by atoms with Gasteiger partial charge in [0.15, 0.2) is 0 Å². The van der Waals surface area contributed by atoms with Crippen LogP contribution in [-0.4, -0.2) is 29.5 Å². The fourth-order valence-corrected chi connectivity index (χ4v) is 0.943. The molecule has 0 unspecified atom stereocenters. The summed E-state index contributed by atoms with van der Waals surface area (Å²) >= 11 is 0. The number of amides is 1. The lowest BCUT2D eigenvalue weighted by Crippen LogP contribution is -2.27. The number of anilines is 2. The number of rotatable bonds is 3. The number of nitrogens with two attached hydrogens (primary N) is 1. The molecule has 9 heteroatoms. The molecule has 0 bridgehead atoms. The van der Waals surface area contributed by atoms with Crippen molar-refractivity contribution in [2.24, 2.45) is 0 Å². The van der Waals surface area contributed by atoms with Gasteiger partial charge in [0.1, 0.15) is 11.6 Å². The van der Waals surface area contributed by atoms with Gasteiger partial charge < -0.3 is 16.4 Å². The second-order valence-electron chi connectivity index (χ2n) is 3.03. The van der Waals surface area contributed by atoms with E-state index in [2.05, 4.69) is 20.6 Å². The number of nitrogen functional groups attached to an aromatic ring is 1. The largest absolute Gasteiger partial charge is 0.451 e. The van der Waals surface area contributed by atoms with Crippen LogP contribution in [0, 0.1) is 0 Å². The molecule has 6 nitrogen and oxygen atoms in total. The van der Waals surface area contributed by atoms with E-state index in [0.29, 0.717) is 0 Å². The summed E-state index contributed by atoms with van der Waals surface area (Å²) in [6, 6.07) is 1.11. The molecule has 17 heavy (non-hydrogen) atoms. The summed E-state index contributed by atoms with van der Waals surface area (Å²) in [5.41, 5.74) is 5.20. The summed E-state index contributed by atoms with van der Waals surface area (Å²) in [4.78, 5) is 17.1. The predicted molar refractivity (Wildman–Crippen MR) is 54.0 cm³/mol. The SMILES string of the molecule is CNC(=O)CNc1cc(N)nc(C(F)(F)F)n1. The van der Waals surface area contributed by atoms with Gasteiger partial charge in [-0.05, 0) is 0 Å². The Bertz CT molecular complexity index is 420. The number of hydrogen-bond acceptors (Lipinski definition) is 5. The van der Waals surface area contributed by atoms with Crippen molar-refractivity contribution >= 4 is 17.5 Å². The first-order chi connectivity index (χ1) is 7.82. The van der Waals surface area contributed by atoms with E-state index in [0.717, 1.165) is 6.07 Å². The highest BCUT2D eigenvalue weighted by Gasteiger charge is 2.35. The molecular formula is C8H10F3N5O. The molecule has 0 aromatic carbocycles. The van der Waals surface area contributed by atoms with Gasteiger partial charge in [0.25, 0.3) is 0 Å². The number of likely N-dealkylation sites (N-methyl/N-ethyl adjacent to an activating group) is 1. The third-order valence-corrected chi connectivity index (χ3v) is 1.71. The van der Waals surface area contributed by atoms with E-state index in [9.17, 15) is 18.0 Å². The van der Waals surface area contributed by atoms with Crippen LogP contribution in [0.25, 0.3) is 0 Å². The van der Waals surface area contributed by atoms with Crippen molar-refractivity contribution in [3.05, 3.63) is 11.9 Å². The Labute approximate surface area is 94.4 Å².